The van der Waals surface area contributed by atoms with Crippen LogP contribution in [0.4, 0.5) is 14.5 Å². The molecule has 0 bridgehead atoms. The second-order valence-corrected chi connectivity index (χ2v) is 7.08. The molecule has 0 amide bonds. The normalized spacial score (nSPS) is 11.3. The van der Waals surface area contributed by atoms with Crippen molar-refractivity contribution in [3.8, 4) is 5.75 Å². The Hall–Kier alpha value is -2.23. The van der Waals surface area contributed by atoms with Crippen LogP contribution < -0.4 is 4.74 Å². The summed E-state index contributed by atoms with van der Waals surface area (Å²) in [4.78, 5) is 4.11. The SMILES string of the molecule is CCCCCCc1ccc(C=Nc2ccc(OCCCCC)c(F)c2F)cc1. The summed E-state index contributed by atoms with van der Waals surface area (Å²) in [5.74, 6) is -2.01. The van der Waals surface area contributed by atoms with Crippen LogP contribution in [0, 0.1) is 11.6 Å². The lowest BCUT2D eigenvalue weighted by molar-refractivity contribution is 0.286. The molecule has 2 aromatic carbocycles. The van der Waals surface area contributed by atoms with Gasteiger partial charge in [-0.2, -0.15) is 4.39 Å². The summed E-state index contributed by atoms with van der Waals surface area (Å²) < 4.78 is 33.7. The molecule has 0 aliphatic heterocycles. The Balaban J connectivity index is 1.95. The minimum absolute atomic E-state index is 0.0259. The van der Waals surface area contributed by atoms with Gasteiger partial charge in [0.1, 0.15) is 5.69 Å². The van der Waals surface area contributed by atoms with E-state index in [0.717, 1.165) is 31.2 Å². The number of hydrogen-bond donors (Lipinski definition) is 0. The molecule has 0 aliphatic carbocycles. The summed E-state index contributed by atoms with van der Waals surface area (Å²) in [6.45, 7) is 4.67. The van der Waals surface area contributed by atoms with Gasteiger partial charge >= 0.3 is 0 Å². The lowest BCUT2D eigenvalue weighted by Gasteiger charge is -2.08. The third kappa shape index (κ3) is 7.06. The van der Waals surface area contributed by atoms with E-state index in [9.17, 15) is 8.78 Å². The molecule has 0 aliphatic rings. The van der Waals surface area contributed by atoms with E-state index < -0.39 is 11.6 Å². The average molecular weight is 388 g/mol. The smallest absolute Gasteiger partial charge is 0.202 e. The van der Waals surface area contributed by atoms with Crippen molar-refractivity contribution >= 4 is 11.9 Å². The van der Waals surface area contributed by atoms with Crippen molar-refractivity contribution in [2.45, 2.75) is 65.2 Å². The lowest BCUT2D eigenvalue weighted by Crippen LogP contribution is -2.00. The topological polar surface area (TPSA) is 21.6 Å². The highest BCUT2D eigenvalue weighted by Gasteiger charge is 2.13. The minimum atomic E-state index is -0.978. The number of benzene rings is 2. The van der Waals surface area contributed by atoms with Gasteiger partial charge in [0.2, 0.25) is 5.82 Å². The second kappa shape index (κ2) is 12.3. The maximum Gasteiger partial charge on any atom is 0.202 e. The van der Waals surface area contributed by atoms with Gasteiger partial charge in [-0.25, -0.2) is 4.39 Å². The molecule has 0 unspecified atom stereocenters. The Kier molecular flexibility index (Phi) is 9.67. The van der Waals surface area contributed by atoms with Gasteiger partial charge in [-0.15, -0.1) is 0 Å². The summed E-state index contributed by atoms with van der Waals surface area (Å²) in [6, 6.07) is 10.9. The van der Waals surface area contributed by atoms with E-state index in [4.69, 9.17) is 4.74 Å². The molecule has 28 heavy (non-hydrogen) atoms. The Labute approximate surface area is 167 Å². The van der Waals surface area contributed by atoms with Crippen LogP contribution in [-0.4, -0.2) is 12.8 Å². The number of rotatable bonds is 12. The molecular weight excluding hydrogens is 356 g/mol. The summed E-state index contributed by atoms with van der Waals surface area (Å²) in [5, 5.41) is 0. The quantitative estimate of drug-likeness (QED) is 0.274. The zero-order valence-corrected chi connectivity index (χ0v) is 17.0. The average Bonchev–Trinajstić information content (AvgIpc) is 2.72. The second-order valence-electron chi connectivity index (χ2n) is 7.08. The first-order valence-electron chi connectivity index (χ1n) is 10.4. The van der Waals surface area contributed by atoms with Crippen LogP contribution in [0.5, 0.6) is 5.75 Å². The summed E-state index contributed by atoms with van der Waals surface area (Å²) in [5.41, 5.74) is 2.12. The Morgan fingerprint density at radius 3 is 2.25 bits per heavy atom. The highest BCUT2D eigenvalue weighted by Crippen LogP contribution is 2.28. The van der Waals surface area contributed by atoms with E-state index in [2.05, 4.69) is 31.0 Å². The minimum Gasteiger partial charge on any atom is -0.490 e. The van der Waals surface area contributed by atoms with Crippen LogP contribution in [0.3, 0.4) is 0 Å². The predicted octanol–water partition coefficient (Wildman–Crippen LogP) is 7.41. The van der Waals surface area contributed by atoms with Crippen molar-refractivity contribution in [1.82, 2.24) is 0 Å². The number of nitrogens with zero attached hydrogens (tertiary/aromatic N) is 1. The highest BCUT2D eigenvalue weighted by molar-refractivity contribution is 5.82. The molecule has 0 N–H and O–H groups in total. The number of unbranched alkanes of at least 4 members (excludes halogenated alkanes) is 5. The number of hydrogen-bond acceptors (Lipinski definition) is 2. The van der Waals surface area contributed by atoms with Gasteiger partial charge in [-0.05, 0) is 42.5 Å². The van der Waals surface area contributed by atoms with Crippen molar-refractivity contribution < 1.29 is 13.5 Å². The zero-order chi connectivity index (χ0) is 20.2. The van der Waals surface area contributed by atoms with Gasteiger partial charge in [0.25, 0.3) is 0 Å². The first-order valence-corrected chi connectivity index (χ1v) is 10.4. The summed E-state index contributed by atoms with van der Waals surface area (Å²) in [7, 11) is 0. The van der Waals surface area contributed by atoms with E-state index >= 15 is 0 Å². The third-order valence-electron chi connectivity index (χ3n) is 4.68. The summed E-state index contributed by atoms with van der Waals surface area (Å²) in [6.07, 6.45) is 10.5. The molecule has 2 aromatic rings. The van der Waals surface area contributed by atoms with Crippen molar-refractivity contribution in [3.05, 3.63) is 59.2 Å². The Morgan fingerprint density at radius 1 is 0.821 bits per heavy atom. The van der Waals surface area contributed by atoms with Gasteiger partial charge in [-0.3, -0.25) is 4.99 Å². The molecular formula is C24H31F2NO. The van der Waals surface area contributed by atoms with Gasteiger partial charge in [0, 0.05) is 6.21 Å². The third-order valence-corrected chi connectivity index (χ3v) is 4.68. The molecule has 0 aromatic heterocycles. The molecule has 4 heteroatoms. The van der Waals surface area contributed by atoms with E-state index in [1.165, 1.54) is 43.4 Å². The lowest BCUT2D eigenvalue weighted by atomic mass is 10.0. The molecule has 0 fully saturated rings. The molecule has 2 nitrogen and oxygen atoms in total. The first-order chi connectivity index (χ1) is 13.7. The monoisotopic (exact) mass is 387 g/mol. The van der Waals surface area contributed by atoms with Crippen LogP contribution in [0.25, 0.3) is 0 Å². The fourth-order valence-corrected chi connectivity index (χ4v) is 2.94. The van der Waals surface area contributed by atoms with Gasteiger partial charge < -0.3 is 4.74 Å². The van der Waals surface area contributed by atoms with E-state index in [1.54, 1.807) is 6.21 Å². The maximum absolute atomic E-state index is 14.2. The summed E-state index contributed by atoms with van der Waals surface area (Å²) >= 11 is 0. The number of aliphatic imine (C=N–C) groups is 1. The van der Waals surface area contributed by atoms with E-state index in [0.29, 0.717) is 6.61 Å². The van der Waals surface area contributed by atoms with Crippen LogP contribution >= 0.6 is 0 Å². The van der Waals surface area contributed by atoms with Crippen molar-refractivity contribution in [2.24, 2.45) is 4.99 Å². The fourth-order valence-electron chi connectivity index (χ4n) is 2.94. The molecule has 0 heterocycles. The molecule has 0 saturated heterocycles. The fraction of sp³-hybridized carbons (Fsp3) is 0.458. The molecule has 0 saturated carbocycles. The number of aryl methyl sites for hydroxylation is 1. The van der Waals surface area contributed by atoms with E-state index in [1.807, 2.05) is 12.1 Å². The van der Waals surface area contributed by atoms with Gasteiger partial charge in [0.15, 0.2) is 11.6 Å². The van der Waals surface area contributed by atoms with Crippen molar-refractivity contribution in [2.75, 3.05) is 6.61 Å². The predicted molar refractivity (Wildman–Crippen MR) is 113 cm³/mol. The van der Waals surface area contributed by atoms with Crippen LogP contribution in [0.1, 0.15) is 69.9 Å². The molecule has 152 valence electrons. The number of ether oxygens (including phenoxy) is 1. The van der Waals surface area contributed by atoms with Crippen molar-refractivity contribution in [1.29, 1.82) is 0 Å². The molecule has 0 spiro atoms. The van der Waals surface area contributed by atoms with Crippen LogP contribution in [0.2, 0.25) is 0 Å². The Morgan fingerprint density at radius 2 is 1.54 bits per heavy atom. The van der Waals surface area contributed by atoms with Gasteiger partial charge in [-0.1, -0.05) is 70.2 Å². The molecule has 2 rings (SSSR count). The van der Waals surface area contributed by atoms with Gasteiger partial charge in [0.05, 0.1) is 6.61 Å². The molecule has 0 radical (unpaired) electrons. The van der Waals surface area contributed by atoms with E-state index in [-0.39, 0.29) is 11.4 Å². The Bertz CT molecular complexity index is 741. The maximum atomic E-state index is 14.2. The highest BCUT2D eigenvalue weighted by atomic mass is 19.2. The standard InChI is InChI=1S/C24H31F2NO/c1-3-5-7-8-10-19-11-13-20(14-12-19)18-27-21-15-16-22(24(26)23(21)25)28-17-9-6-4-2/h11-16,18H,3-10,17H2,1-2H3. The van der Waals surface area contributed by atoms with Crippen LogP contribution in [0.15, 0.2) is 41.4 Å². The van der Waals surface area contributed by atoms with Crippen LogP contribution in [-0.2, 0) is 6.42 Å². The zero-order valence-electron chi connectivity index (χ0n) is 17.0. The molecule has 0 atom stereocenters. The number of halogens is 2. The largest absolute Gasteiger partial charge is 0.490 e. The van der Waals surface area contributed by atoms with Crippen molar-refractivity contribution in [3.63, 3.8) is 0 Å². The first kappa shape index (κ1) is 22.1.